The molecule has 0 fully saturated rings. The third-order valence-corrected chi connectivity index (χ3v) is 6.98. The molecule has 1 atom stereocenters. The largest absolute Gasteiger partial charge is 0.493 e. The zero-order valence-electron chi connectivity index (χ0n) is 23.5. The van der Waals surface area contributed by atoms with Gasteiger partial charge in [-0.2, -0.15) is 0 Å². The summed E-state index contributed by atoms with van der Waals surface area (Å²) in [6.45, 7) is 7.19. The van der Waals surface area contributed by atoms with Crippen LogP contribution in [0.3, 0.4) is 0 Å². The summed E-state index contributed by atoms with van der Waals surface area (Å²) >= 11 is 0. The summed E-state index contributed by atoms with van der Waals surface area (Å²) in [6, 6.07) is 13.3. The Morgan fingerprint density at radius 3 is 2.24 bits per heavy atom. The Hall–Kier alpha value is -3.21. The van der Waals surface area contributed by atoms with Crippen molar-refractivity contribution >= 4 is 5.97 Å². The van der Waals surface area contributed by atoms with Crippen molar-refractivity contribution in [3.05, 3.63) is 72.2 Å². The quantitative estimate of drug-likeness (QED) is 0.102. The molecule has 0 aliphatic heterocycles. The molecule has 38 heavy (non-hydrogen) atoms. The first-order chi connectivity index (χ1) is 18.6. The number of rotatable bonds is 17. The van der Waals surface area contributed by atoms with Crippen LogP contribution in [0.5, 0.6) is 11.5 Å². The molecule has 0 saturated heterocycles. The summed E-state index contributed by atoms with van der Waals surface area (Å²) in [7, 11) is 0. The first-order valence-electron chi connectivity index (χ1n) is 14.4. The van der Waals surface area contributed by atoms with Crippen LogP contribution in [0.25, 0.3) is 11.3 Å². The van der Waals surface area contributed by atoms with Crippen LogP contribution < -0.4 is 9.47 Å². The molecule has 0 N–H and O–H groups in total. The fourth-order valence-corrected chi connectivity index (χ4v) is 4.29. The summed E-state index contributed by atoms with van der Waals surface area (Å²) in [5.74, 6) is 1.21. The van der Waals surface area contributed by atoms with Crippen LogP contribution in [-0.4, -0.2) is 22.5 Å². The number of nitrogens with zero attached hydrogens (tertiary/aromatic N) is 2. The molecule has 0 bridgehead atoms. The lowest BCUT2D eigenvalue weighted by Gasteiger charge is -2.14. The highest BCUT2D eigenvalue weighted by Crippen LogP contribution is 2.33. The molecule has 1 unspecified atom stereocenters. The highest BCUT2D eigenvalue weighted by molar-refractivity contribution is 5.92. The highest BCUT2D eigenvalue weighted by Gasteiger charge is 2.16. The molecule has 0 spiro atoms. The number of carbonyl (C=O) groups is 1. The maximum atomic E-state index is 13.0. The van der Waals surface area contributed by atoms with Gasteiger partial charge in [0.05, 0.1) is 24.1 Å². The molecule has 1 heterocycles. The van der Waals surface area contributed by atoms with E-state index in [0.29, 0.717) is 40.8 Å². The van der Waals surface area contributed by atoms with E-state index in [0.717, 1.165) is 12.8 Å². The van der Waals surface area contributed by atoms with Crippen molar-refractivity contribution in [1.82, 2.24) is 9.97 Å². The number of benzene rings is 2. The lowest BCUT2D eigenvalue weighted by atomic mass is 10.0. The van der Waals surface area contributed by atoms with E-state index < -0.39 is 5.97 Å². The lowest BCUT2D eigenvalue weighted by Crippen LogP contribution is -2.10. The number of aromatic nitrogens is 2. The summed E-state index contributed by atoms with van der Waals surface area (Å²) in [6.07, 6.45) is 18.9. The number of ether oxygens (including phenoxy) is 2. The molecular formula is C33H44N2O3. The van der Waals surface area contributed by atoms with E-state index in [4.69, 9.17) is 9.47 Å². The van der Waals surface area contributed by atoms with Gasteiger partial charge in [-0.3, -0.25) is 9.97 Å². The standard InChI is InChI=1S/C33H44N2O3/c1-4-6-7-8-9-10-11-12-13-14-27-15-17-28(18-16-27)33(36)38-32-20-19-29(37-25-26(3)5-2)23-30(32)31-24-34-21-22-35-31/h15-24,26H,4-14,25H2,1-3H3. The summed E-state index contributed by atoms with van der Waals surface area (Å²) in [5.41, 5.74) is 3.09. The van der Waals surface area contributed by atoms with Gasteiger partial charge in [0.2, 0.25) is 0 Å². The summed E-state index contributed by atoms with van der Waals surface area (Å²) < 4.78 is 11.8. The van der Waals surface area contributed by atoms with Crippen LogP contribution in [0.2, 0.25) is 0 Å². The fourth-order valence-electron chi connectivity index (χ4n) is 4.29. The summed E-state index contributed by atoms with van der Waals surface area (Å²) in [5, 5.41) is 0. The lowest BCUT2D eigenvalue weighted by molar-refractivity contribution is 0.0735. The number of hydrogen-bond donors (Lipinski definition) is 0. The first-order valence-corrected chi connectivity index (χ1v) is 14.4. The number of carbonyl (C=O) groups excluding carboxylic acids is 1. The second kappa shape index (κ2) is 16.6. The average molecular weight is 517 g/mol. The van der Waals surface area contributed by atoms with E-state index in [9.17, 15) is 4.79 Å². The minimum Gasteiger partial charge on any atom is -0.493 e. The molecule has 0 radical (unpaired) electrons. The van der Waals surface area contributed by atoms with E-state index in [-0.39, 0.29) is 0 Å². The maximum absolute atomic E-state index is 13.0. The van der Waals surface area contributed by atoms with Gasteiger partial charge in [0, 0.05) is 18.0 Å². The van der Waals surface area contributed by atoms with Crippen LogP contribution in [0.4, 0.5) is 0 Å². The van der Waals surface area contributed by atoms with Crippen molar-refractivity contribution in [3.63, 3.8) is 0 Å². The molecule has 2 aromatic carbocycles. The Kier molecular flexibility index (Phi) is 12.8. The zero-order valence-corrected chi connectivity index (χ0v) is 23.5. The minimum atomic E-state index is -0.391. The molecule has 1 aromatic heterocycles. The van der Waals surface area contributed by atoms with Crippen molar-refractivity contribution in [2.24, 2.45) is 5.92 Å². The Labute approximate surface area is 229 Å². The van der Waals surface area contributed by atoms with Gasteiger partial charge < -0.3 is 9.47 Å². The van der Waals surface area contributed by atoms with Crippen molar-refractivity contribution in [1.29, 1.82) is 0 Å². The Morgan fingerprint density at radius 2 is 1.58 bits per heavy atom. The van der Waals surface area contributed by atoms with E-state index >= 15 is 0 Å². The predicted molar refractivity (Wildman–Crippen MR) is 155 cm³/mol. The molecule has 5 nitrogen and oxygen atoms in total. The third-order valence-electron chi connectivity index (χ3n) is 6.98. The topological polar surface area (TPSA) is 61.3 Å². The number of hydrogen-bond acceptors (Lipinski definition) is 5. The van der Waals surface area contributed by atoms with Crippen molar-refractivity contribution in [2.45, 2.75) is 91.4 Å². The summed E-state index contributed by atoms with van der Waals surface area (Å²) in [4.78, 5) is 21.6. The van der Waals surface area contributed by atoms with E-state index in [1.165, 1.54) is 63.4 Å². The Morgan fingerprint density at radius 1 is 0.868 bits per heavy atom. The highest BCUT2D eigenvalue weighted by atomic mass is 16.5. The number of unbranched alkanes of at least 4 members (excludes halogenated alkanes) is 8. The minimum absolute atomic E-state index is 0.391. The molecule has 5 heteroatoms. The van der Waals surface area contributed by atoms with Gasteiger partial charge in [0.15, 0.2) is 0 Å². The van der Waals surface area contributed by atoms with Crippen LogP contribution in [0.15, 0.2) is 61.1 Å². The second-order valence-corrected chi connectivity index (χ2v) is 10.2. The molecule has 3 aromatic rings. The number of aryl methyl sites for hydroxylation is 1. The first kappa shape index (κ1) is 29.3. The molecule has 0 aliphatic carbocycles. The van der Waals surface area contributed by atoms with E-state index in [1.54, 1.807) is 24.7 Å². The smallest absolute Gasteiger partial charge is 0.343 e. The van der Waals surface area contributed by atoms with Gasteiger partial charge in [0.1, 0.15) is 11.5 Å². The molecule has 0 aliphatic rings. The Balaban J connectivity index is 1.55. The maximum Gasteiger partial charge on any atom is 0.343 e. The van der Waals surface area contributed by atoms with Gasteiger partial charge in [-0.15, -0.1) is 0 Å². The van der Waals surface area contributed by atoms with Crippen molar-refractivity contribution < 1.29 is 14.3 Å². The van der Waals surface area contributed by atoms with Gasteiger partial charge >= 0.3 is 5.97 Å². The van der Waals surface area contributed by atoms with Crippen molar-refractivity contribution in [2.75, 3.05) is 6.61 Å². The van der Waals surface area contributed by atoms with Crippen molar-refractivity contribution in [3.8, 4) is 22.8 Å². The van der Waals surface area contributed by atoms with E-state index in [1.807, 2.05) is 36.4 Å². The van der Waals surface area contributed by atoms with Gasteiger partial charge in [-0.25, -0.2) is 4.79 Å². The molecular weight excluding hydrogens is 472 g/mol. The Bertz CT molecular complexity index is 1080. The second-order valence-electron chi connectivity index (χ2n) is 10.2. The third kappa shape index (κ3) is 9.92. The van der Waals surface area contributed by atoms with E-state index in [2.05, 4.69) is 30.7 Å². The van der Waals surface area contributed by atoms with Gasteiger partial charge in [-0.05, 0) is 54.7 Å². The normalized spacial score (nSPS) is 11.8. The average Bonchev–Trinajstić information content (AvgIpc) is 2.96. The predicted octanol–water partition coefficient (Wildman–Crippen LogP) is 8.86. The molecule has 204 valence electrons. The number of esters is 1. The van der Waals surface area contributed by atoms with Crippen LogP contribution in [0, 0.1) is 5.92 Å². The molecule has 0 amide bonds. The van der Waals surface area contributed by atoms with Gasteiger partial charge in [0.25, 0.3) is 0 Å². The molecule has 3 rings (SSSR count). The van der Waals surface area contributed by atoms with Gasteiger partial charge in [-0.1, -0.05) is 90.7 Å². The SMILES string of the molecule is CCCCCCCCCCCc1ccc(C(=O)Oc2ccc(OCC(C)CC)cc2-c2cnccn2)cc1. The fraction of sp³-hybridized carbons (Fsp3) is 0.485. The molecule has 0 saturated carbocycles. The zero-order chi connectivity index (χ0) is 27.0. The monoisotopic (exact) mass is 516 g/mol. The van der Waals surface area contributed by atoms with Crippen LogP contribution >= 0.6 is 0 Å². The van der Waals surface area contributed by atoms with Crippen LogP contribution in [-0.2, 0) is 6.42 Å². The van der Waals surface area contributed by atoms with Crippen LogP contribution in [0.1, 0.15) is 101 Å².